The second-order valence-electron chi connectivity index (χ2n) is 9.99. The molecule has 0 fully saturated rings. The van der Waals surface area contributed by atoms with Crippen LogP contribution >= 0.6 is 11.3 Å². The summed E-state index contributed by atoms with van der Waals surface area (Å²) in [4.78, 5) is 45.7. The molecule has 39 heavy (non-hydrogen) atoms. The van der Waals surface area contributed by atoms with E-state index in [1.165, 1.54) is 41.8 Å². The molecule has 12 heteroatoms. The summed E-state index contributed by atoms with van der Waals surface area (Å²) in [5.74, 6) is -0.840. The molecule has 10 nitrogen and oxygen atoms in total. The second kappa shape index (κ2) is 13.2. The zero-order valence-corrected chi connectivity index (χ0v) is 23.4. The van der Waals surface area contributed by atoms with Crippen molar-refractivity contribution in [2.24, 2.45) is 0 Å². The van der Waals surface area contributed by atoms with E-state index in [-0.39, 0.29) is 24.1 Å². The van der Waals surface area contributed by atoms with Gasteiger partial charge >= 0.3 is 12.1 Å². The summed E-state index contributed by atoms with van der Waals surface area (Å²) in [5.41, 5.74) is 1.57. The molecule has 2 aromatic heterocycles. The highest BCUT2D eigenvalue weighted by Gasteiger charge is 2.19. The second-order valence-corrected chi connectivity index (χ2v) is 10.7. The first-order chi connectivity index (χ1) is 18.4. The Morgan fingerprint density at radius 3 is 2.21 bits per heavy atom. The van der Waals surface area contributed by atoms with Crippen LogP contribution in [0.15, 0.2) is 53.4 Å². The van der Waals surface area contributed by atoms with Crippen molar-refractivity contribution in [1.29, 1.82) is 0 Å². The molecule has 3 N–H and O–H groups in total. The Bertz CT molecular complexity index is 1270. The predicted octanol–water partition coefficient (Wildman–Crippen LogP) is 5.48. The predicted molar refractivity (Wildman–Crippen MR) is 151 cm³/mol. The molecule has 0 aliphatic rings. The van der Waals surface area contributed by atoms with Crippen molar-refractivity contribution in [2.75, 3.05) is 43.1 Å². The van der Waals surface area contributed by atoms with Crippen molar-refractivity contribution < 1.29 is 23.5 Å². The van der Waals surface area contributed by atoms with Gasteiger partial charge in [0.1, 0.15) is 17.1 Å². The number of nitrogens with zero attached hydrogens (tertiary/aromatic N) is 3. The maximum absolute atomic E-state index is 13.2. The van der Waals surface area contributed by atoms with Gasteiger partial charge in [-0.3, -0.25) is 15.1 Å². The van der Waals surface area contributed by atoms with Crippen LogP contribution in [0.25, 0.3) is 0 Å². The van der Waals surface area contributed by atoms with Gasteiger partial charge in [-0.15, -0.1) is 11.3 Å². The SMILES string of the molecule is CN(C)CCN(Cc1ccc(C(=O)Nc2cscc2NC(=O)OC(C)(C)C)nc1)C(=O)Nc1ccc(F)cc1. The van der Waals surface area contributed by atoms with Crippen molar-refractivity contribution in [3.05, 3.63) is 70.4 Å². The lowest BCUT2D eigenvalue weighted by Crippen LogP contribution is -2.39. The number of nitrogens with one attached hydrogen (secondary N) is 3. The molecule has 0 radical (unpaired) electrons. The van der Waals surface area contributed by atoms with Crippen LogP contribution in [-0.2, 0) is 11.3 Å². The van der Waals surface area contributed by atoms with Crippen LogP contribution < -0.4 is 16.0 Å². The summed E-state index contributed by atoms with van der Waals surface area (Å²) >= 11 is 1.31. The average Bonchev–Trinajstić information content (AvgIpc) is 3.28. The van der Waals surface area contributed by atoms with E-state index in [0.717, 1.165) is 5.56 Å². The van der Waals surface area contributed by atoms with Gasteiger partial charge in [0.2, 0.25) is 0 Å². The lowest BCUT2D eigenvalue weighted by Gasteiger charge is -2.25. The van der Waals surface area contributed by atoms with Crippen LogP contribution in [0.4, 0.5) is 31.0 Å². The van der Waals surface area contributed by atoms with Crippen molar-refractivity contribution in [2.45, 2.75) is 32.9 Å². The summed E-state index contributed by atoms with van der Waals surface area (Å²) in [6.07, 6.45) is 0.914. The van der Waals surface area contributed by atoms with Crippen LogP contribution in [0.1, 0.15) is 36.8 Å². The van der Waals surface area contributed by atoms with E-state index < -0.39 is 17.6 Å². The molecule has 0 unspecified atom stereocenters. The number of pyridine rings is 1. The van der Waals surface area contributed by atoms with Gasteiger partial charge in [0.25, 0.3) is 5.91 Å². The van der Waals surface area contributed by atoms with E-state index in [1.54, 1.807) is 48.6 Å². The first kappa shape index (κ1) is 29.5. The van der Waals surface area contributed by atoms with Crippen LogP contribution in [-0.4, -0.2) is 65.6 Å². The lowest BCUT2D eigenvalue weighted by molar-refractivity contribution is 0.0635. The molecule has 3 aromatic rings. The number of urea groups is 1. The maximum Gasteiger partial charge on any atom is 0.412 e. The quantitative estimate of drug-likeness (QED) is 0.322. The van der Waals surface area contributed by atoms with Crippen molar-refractivity contribution in [1.82, 2.24) is 14.8 Å². The molecular formula is C27H33FN6O4S. The van der Waals surface area contributed by atoms with Gasteiger partial charge < -0.3 is 25.2 Å². The molecule has 3 rings (SSSR count). The summed E-state index contributed by atoms with van der Waals surface area (Å²) in [5, 5.41) is 11.5. The Hall–Kier alpha value is -4.03. The van der Waals surface area contributed by atoms with E-state index in [4.69, 9.17) is 4.74 Å². The number of rotatable bonds is 9. The summed E-state index contributed by atoms with van der Waals surface area (Å²) in [7, 11) is 3.82. The molecule has 0 aliphatic heterocycles. The number of halogens is 1. The van der Waals surface area contributed by atoms with Gasteiger partial charge in [-0.2, -0.15) is 0 Å². The van der Waals surface area contributed by atoms with Gasteiger partial charge in [-0.05, 0) is 70.8 Å². The molecule has 1 aromatic carbocycles. The first-order valence-corrected chi connectivity index (χ1v) is 13.1. The summed E-state index contributed by atoms with van der Waals surface area (Å²) in [6, 6.07) is 8.50. The number of carbonyl (C=O) groups excluding carboxylic acids is 3. The third kappa shape index (κ3) is 9.65. The molecule has 0 spiro atoms. The smallest absolute Gasteiger partial charge is 0.412 e. The third-order valence-corrected chi connectivity index (χ3v) is 5.92. The Morgan fingerprint density at radius 1 is 0.949 bits per heavy atom. The monoisotopic (exact) mass is 556 g/mol. The molecule has 4 amide bonds. The van der Waals surface area contributed by atoms with Crippen molar-refractivity contribution in [3.63, 3.8) is 0 Å². The van der Waals surface area contributed by atoms with Gasteiger partial charge in [-0.25, -0.2) is 14.0 Å². The van der Waals surface area contributed by atoms with Gasteiger partial charge in [0.15, 0.2) is 0 Å². The number of hydrogen-bond acceptors (Lipinski definition) is 7. The molecule has 0 atom stereocenters. The highest BCUT2D eigenvalue weighted by Crippen LogP contribution is 2.27. The van der Waals surface area contributed by atoms with E-state index in [2.05, 4.69) is 20.9 Å². The van der Waals surface area contributed by atoms with Crippen molar-refractivity contribution >= 4 is 46.4 Å². The minimum Gasteiger partial charge on any atom is -0.444 e. The Labute approximate surface area is 231 Å². The Kier molecular flexibility index (Phi) is 9.96. The molecule has 208 valence electrons. The Morgan fingerprint density at radius 2 is 1.62 bits per heavy atom. The van der Waals surface area contributed by atoms with Gasteiger partial charge in [0, 0.05) is 42.3 Å². The van der Waals surface area contributed by atoms with Gasteiger partial charge in [-0.1, -0.05) is 6.07 Å². The number of amides is 4. The molecule has 0 bridgehead atoms. The normalized spacial score (nSPS) is 11.2. The van der Waals surface area contributed by atoms with E-state index >= 15 is 0 Å². The lowest BCUT2D eigenvalue weighted by atomic mass is 10.2. The third-order valence-electron chi connectivity index (χ3n) is 5.18. The zero-order chi connectivity index (χ0) is 28.6. The fourth-order valence-electron chi connectivity index (χ4n) is 3.27. The number of anilines is 3. The van der Waals surface area contributed by atoms with Crippen LogP contribution in [0.2, 0.25) is 0 Å². The standard InChI is InChI=1S/C27H33FN6O4S/c1-27(2,3)38-26(37)32-23-17-39-16-22(23)31-24(35)21-11-6-18(14-29-21)15-34(13-12-33(4)5)25(36)30-20-9-7-19(28)8-10-20/h6-11,14,16-17H,12-13,15H2,1-5H3,(H,30,36)(H,31,35)(H,32,37). The van der Waals surface area contributed by atoms with Crippen LogP contribution in [0.5, 0.6) is 0 Å². The summed E-state index contributed by atoms with van der Waals surface area (Å²) in [6.45, 7) is 6.61. The van der Waals surface area contributed by atoms with Gasteiger partial charge in [0.05, 0.1) is 11.4 Å². The number of benzene rings is 1. The van der Waals surface area contributed by atoms with E-state index in [9.17, 15) is 18.8 Å². The fourth-order valence-corrected chi connectivity index (χ4v) is 3.98. The number of aromatic nitrogens is 1. The minimum absolute atomic E-state index is 0.170. The summed E-state index contributed by atoms with van der Waals surface area (Å²) < 4.78 is 18.5. The van der Waals surface area contributed by atoms with Crippen molar-refractivity contribution in [3.8, 4) is 0 Å². The first-order valence-electron chi connectivity index (χ1n) is 12.2. The zero-order valence-electron chi connectivity index (χ0n) is 22.6. The number of thiophene rings is 1. The number of likely N-dealkylation sites (N-methyl/N-ethyl adjacent to an activating group) is 1. The van der Waals surface area contributed by atoms with E-state index in [1.807, 2.05) is 19.0 Å². The maximum atomic E-state index is 13.2. The molecular weight excluding hydrogens is 523 g/mol. The number of hydrogen-bond donors (Lipinski definition) is 3. The molecule has 0 aliphatic carbocycles. The average molecular weight is 557 g/mol. The number of carbonyl (C=O) groups is 3. The highest BCUT2D eigenvalue weighted by atomic mass is 32.1. The minimum atomic E-state index is -0.654. The molecule has 2 heterocycles. The largest absolute Gasteiger partial charge is 0.444 e. The topological polar surface area (TPSA) is 116 Å². The Balaban J connectivity index is 1.64. The fraction of sp³-hybridized carbons (Fsp3) is 0.333. The van der Waals surface area contributed by atoms with Crippen LogP contribution in [0.3, 0.4) is 0 Å². The highest BCUT2D eigenvalue weighted by molar-refractivity contribution is 7.09. The van der Waals surface area contributed by atoms with E-state index in [0.29, 0.717) is 30.2 Å². The molecule has 0 saturated carbocycles. The van der Waals surface area contributed by atoms with Crippen LogP contribution in [0, 0.1) is 5.82 Å². The molecule has 0 saturated heterocycles. The number of ether oxygens (including phenoxy) is 1.